The molecule has 104 valence electrons. The monoisotopic (exact) mass is 289 g/mol. The molecule has 0 radical (unpaired) electrons. The van der Waals surface area contributed by atoms with E-state index in [2.05, 4.69) is 14.9 Å². The van der Waals surface area contributed by atoms with E-state index in [1.165, 1.54) is 0 Å². The lowest BCUT2D eigenvalue weighted by Crippen LogP contribution is -2.23. The molecule has 1 aromatic carbocycles. The van der Waals surface area contributed by atoms with E-state index in [0.29, 0.717) is 11.0 Å². The van der Waals surface area contributed by atoms with Crippen molar-refractivity contribution < 1.29 is 4.74 Å². The fourth-order valence-corrected chi connectivity index (χ4v) is 2.59. The molecule has 3 rings (SSSR count). The summed E-state index contributed by atoms with van der Waals surface area (Å²) in [4.78, 5) is 11.1. The van der Waals surface area contributed by atoms with Crippen LogP contribution >= 0.6 is 11.6 Å². The largest absolute Gasteiger partial charge is 0.380 e. The molecule has 2 aromatic rings. The molecule has 5 heteroatoms. The van der Waals surface area contributed by atoms with E-state index in [4.69, 9.17) is 16.3 Å². The number of rotatable bonds is 3. The Morgan fingerprint density at radius 3 is 2.75 bits per heavy atom. The van der Waals surface area contributed by atoms with Gasteiger partial charge in [-0.2, -0.15) is 0 Å². The summed E-state index contributed by atoms with van der Waals surface area (Å²) in [6.07, 6.45) is 1.28. The van der Waals surface area contributed by atoms with E-state index in [-0.39, 0.29) is 6.10 Å². The van der Waals surface area contributed by atoms with Crippen LogP contribution in [0.5, 0.6) is 0 Å². The lowest BCUT2D eigenvalue weighted by atomic mass is 10.2. The van der Waals surface area contributed by atoms with Crippen LogP contribution in [-0.2, 0) is 4.74 Å². The normalized spacial score (nSPS) is 18.5. The first-order valence-corrected chi connectivity index (χ1v) is 7.02. The number of benzene rings is 1. The van der Waals surface area contributed by atoms with Gasteiger partial charge in [-0.1, -0.05) is 41.9 Å². The van der Waals surface area contributed by atoms with Gasteiger partial charge in [0.2, 0.25) is 0 Å². The van der Waals surface area contributed by atoms with Crippen LogP contribution in [0, 0.1) is 0 Å². The van der Waals surface area contributed by atoms with Crippen molar-refractivity contribution in [2.75, 3.05) is 25.1 Å². The SMILES string of the molecule is COC1CCN(c2cc(Cl)nc(-c3ccccc3)n2)C1. The van der Waals surface area contributed by atoms with Crippen LogP contribution in [0.15, 0.2) is 36.4 Å². The van der Waals surface area contributed by atoms with Gasteiger partial charge in [0.15, 0.2) is 5.82 Å². The van der Waals surface area contributed by atoms with Crippen LogP contribution in [0.1, 0.15) is 6.42 Å². The molecule has 20 heavy (non-hydrogen) atoms. The third-order valence-electron chi connectivity index (χ3n) is 3.52. The molecule has 0 spiro atoms. The highest BCUT2D eigenvalue weighted by molar-refractivity contribution is 6.29. The zero-order valence-corrected chi connectivity index (χ0v) is 12.0. The van der Waals surface area contributed by atoms with E-state index < -0.39 is 0 Å². The van der Waals surface area contributed by atoms with Gasteiger partial charge in [-0.15, -0.1) is 0 Å². The molecular weight excluding hydrogens is 274 g/mol. The van der Waals surface area contributed by atoms with Crippen molar-refractivity contribution in [3.63, 3.8) is 0 Å². The van der Waals surface area contributed by atoms with E-state index in [0.717, 1.165) is 30.9 Å². The molecule has 1 aliphatic heterocycles. The highest BCUT2D eigenvalue weighted by atomic mass is 35.5. The molecule has 0 bridgehead atoms. The third-order valence-corrected chi connectivity index (χ3v) is 3.71. The van der Waals surface area contributed by atoms with Gasteiger partial charge in [-0.25, -0.2) is 9.97 Å². The Morgan fingerprint density at radius 1 is 1.25 bits per heavy atom. The lowest BCUT2D eigenvalue weighted by Gasteiger charge is -2.18. The maximum Gasteiger partial charge on any atom is 0.163 e. The van der Waals surface area contributed by atoms with E-state index in [1.807, 2.05) is 36.4 Å². The summed E-state index contributed by atoms with van der Waals surface area (Å²) >= 11 is 6.14. The molecule has 1 fully saturated rings. The first-order valence-electron chi connectivity index (χ1n) is 6.64. The predicted molar refractivity (Wildman–Crippen MR) is 80.1 cm³/mol. The Kier molecular flexibility index (Phi) is 3.85. The van der Waals surface area contributed by atoms with Gasteiger partial charge >= 0.3 is 0 Å². The zero-order valence-electron chi connectivity index (χ0n) is 11.3. The first kappa shape index (κ1) is 13.3. The van der Waals surface area contributed by atoms with Gasteiger partial charge in [-0.3, -0.25) is 0 Å². The van der Waals surface area contributed by atoms with Crippen LogP contribution in [0.25, 0.3) is 11.4 Å². The maximum absolute atomic E-state index is 6.14. The number of methoxy groups -OCH3 is 1. The molecule has 2 heterocycles. The van der Waals surface area contributed by atoms with E-state index >= 15 is 0 Å². The van der Waals surface area contributed by atoms with Crippen molar-refractivity contribution in [2.45, 2.75) is 12.5 Å². The number of anilines is 1. The van der Waals surface area contributed by atoms with Crippen molar-refractivity contribution in [2.24, 2.45) is 0 Å². The smallest absolute Gasteiger partial charge is 0.163 e. The lowest BCUT2D eigenvalue weighted by molar-refractivity contribution is 0.121. The van der Waals surface area contributed by atoms with Gasteiger partial charge in [-0.05, 0) is 6.42 Å². The Balaban J connectivity index is 1.92. The number of halogens is 1. The molecule has 1 aromatic heterocycles. The number of hydrogen-bond acceptors (Lipinski definition) is 4. The summed E-state index contributed by atoms with van der Waals surface area (Å²) in [5.41, 5.74) is 0.971. The Morgan fingerprint density at radius 2 is 2.05 bits per heavy atom. The number of ether oxygens (including phenoxy) is 1. The third kappa shape index (κ3) is 2.76. The predicted octanol–water partition coefficient (Wildman–Crippen LogP) is 3.02. The molecule has 1 saturated heterocycles. The minimum Gasteiger partial charge on any atom is -0.380 e. The average molecular weight is 290 g/mol. The van der Waals surface area contributed by atoms with Crippen LogP contribution in [0.3, 0.4) is 0 Å². The number of hydrogen-bond donors (Lipinski definition) is 0. The maximum atomic E-state index is 6.14. The zero-order chi connectivity index (χ0) is 13.9. The van der Waals surface area contributed by atoms with Crippen molar-refractivity contribution >= 4 is 17.4 Å². The summed E-state index contributed by atoms with van der Waals surface area (Å²) in [7, 11) is 1.75. The van der Waals surface area contributed by atoms with Crippen LogP contribution in [-0.4, -0.2) is 36.3 Å². The molecule has 0 aliphatic carbocycles. The van der Waals surface area contributed by atoms with Crippen molar-refractivity contribution in [3.05, 3.63) is 41.6 Å². The summed E-state index contributed by atoms with van der Waals surface area (Å²) in [5.74, 6) is 1.53. The van der Waals surface area contributed by atoms with Gasteiger partial charge in [0.1, 0.15) is 11.0 Å². The van der Waals surface area contributed by atoms with E-state index in [1.54, 1.807) is 7.11 Å². The Hall–Kier alpha value is -1.65. The van der Waals surface area contributed by atoms with E-state index in [9.17, 15) is 0 Å². The van der Waals surface area contributed by atoms with Gasteiger partial charge in [0.05, 0.1) is 6.10 Å². The summed E-state index contributed by atoms with van der Waals surface area (Å²) < 4.78 is 5.39. The quantitative estimate of drug-likeness (QED) is 0.814. The average Bonchev–Trinajstić information content (AvgIpc) is 2.96. The van der Waals surface area contributed by atoms with Crippen LogP contribution in [0.2, 0.25) is 5.15 Å². The van der Waals surface area contributed by atoms with Crippen LogP contribution in [0.4, 0.5) is 5.82 Å². The van der Waals surface area contributed by atoms with Crippen molar-refractivity contribution in [3.8, 4) is 11.4 Å². The second kappa shape index (κ2) is 5.77. The standard InChI is InChI=1S/C15H16ClN3O/c1-20-12-7-8-19(10-12)14-9-13(16)17-15(18-14)11-5-3-2-4-6-11/h2-6,9,12H,7-8,10H2,1H3. The molecule has 4 nitrogen and oxygen atoms in total. The molecule has 1 unspecified atom stereocenters. The fraction of sp³-hybridized carbons (Fsp3) is 0.333. The highest BCUT2D eigenvalue weighted by Gasteiger charge is 2.23. The van der Waals surface area contributed by atoms with Gasteiger partial charge in [0, 0.05) is 31.8 Å². The fourth-order valence-electron chi connectivity index (χ4n) is 2.41. The summed E-state index contributed by atoms with van der Waals surface area (Å²) in [5, 5.41) is 0.467. The molecule has 0 N–H and O–H groups in total. The van der Waals surface area contributed by atoms with Gasteiger partial charge < -0.3 is 9.64 Å². The molecule has 0 saturated carbocycles. The summed E-state index contributed by atoms with van der Waals surface area (Å²) in [6, 6.07) is 11.7. The minimum absolute atomic E-state index is 0.268. The molecule has 0 amide bonds. The van der Waals surface area contributed by atoms with Crippen LogP contribution < -0.4 is 4.90 Å². The first-order chi connectivity index (χ1) is 9.76. The second-order valence-corrected chi connectivity index (χ2v) is 5.22. The second-order valence-electron chi connectivity index (χ2n) is 4.83. The number of aromatic nitrogens is 2. The molecule has 1 atom stereocenters. The minimum atomic E-state index is 0.268. The summed E-state index contributed by atoms with van der Waals surface area (Å²) in [6.45, 7) is 1.78. The molecular formula is C15H16ClN3O. The number of nitrogens with zero attached hydrogens (tertiary/aromatic N) is 3. The Bertz CT molecular complexity index is 591. The molecule has 1 aliphatic rings. The Labute approximate surface area is 123 Å². The topological polar surface area (TPSA) is 38.2 Å². The van der Waals surface area contributed by atoms with Gasteiger partial charge in [0.25, 0.3) is 0 Å². The van der Waals surface area contributed by atoms with Crippen molar-refractivity contribution in [1.29, 1.82) is 0 Å². The highest BCUT2D eigenvalue weighted by Crippen LogP contribution is 2.25. The van der Waals surface area contributed by atoms with Crippen molar-refractivity contribution in [1.82, 2.24) is 9.97 Å².